The maximum Gasteiger partial charge on any atom is 0.220 e. The SMILES string of the molecule is CCCC1(CNC(=O)CCC(C)(C)CCN)CC1. The molecular formula is C15H30N2O. The molecule has 1 saturated carbocycles. The van der Waals surface area contributed by atoms with Gasteiger partial charge in [0, 0.05) is 13.0 Å². The van der Waals surface area contributed by atoms with E-state index in [2.05, 4.69) is 26.1 Å². The molecule has 0 spiro atoms. The van der Waals surface area contributed by atoms with Crippen LogP contribution >= 0.6 is 0 Å². The monoisotopic (exact) mass is 254 g/mol. The van der Waals surface area contributed by atoms with Gasteiger partial charge in [0.25, 0.3) is 0 Å². The van der Waals surface area contributed by atoms with Crippen LogP contribution in [0.4, 0.5) is 0 Å². The summed E-state index contributed by atoms with van der Waals surface area (Å²) in [6.45, 7) is 8.18. The summed E-state index contributed by atoms with van der Waals surface area (Å²) in [4.78, 5) is 11.8. The lowest BCUT2D eigenvalue weighted by Gasteiger charge is -2.23. The van der Waals surface area contributed by atoms with Crippen LogP contribution in [-0.4, -0.2) is 19.0 Å². The Morgan fingerprint density at radius 1 is 1.33 bits per heavy atom. The third-order valence-electron chi connectivity index (χ3n) is 4.25. The predicted molar refractivity (Wildman–Crippen MR) is 76.3 cm³/mol. The van der Waals surface area contributed by atoms with E-state index in [0.29, 0.717) is 18.4 Å². The lowest BCUT2D eigenvalue weighted by atomic mass is 9.84. The van der Waals surface area contributed by atoms with E-state index in [-0.39, 0.29) is 11.3 Å². The third kappa shape index (κ3) is 5.38. The molecular weight excluding hydrogens is 224 g/mol. The normalized spacial score (nSPS) is 17.6. The van der Waals surface area contributed by atoms with Gasteiger partial charge < -0.3 is 11.1 Å². The van der Waals surface area contributed by atoms with E-state index < -0.39 is 0 Å². The Bertz CT molecular complexity index is 256. The van der Waals surface area contributed by atoms with E-state index in [1.54, 1.807) is 0 Å². The number of carbonyl (C=O) groups excluding carboxylic acids is 1. The minimum Gasteiger partial charge on any atom is -0.356 e. The van der Waals surface area contributed by atoms with Crippen LogP contribution in [0.3, 0.4) is 0 Å². The average Bonchev–Trinajstić information content (AvgIpc) is 3.05. The molecule has 1 fully saturated rings. The molecule has 0 bridgehead atoms. The van der Waals surface area contributed by atoms with E-state index in [0.717, 1.165) is 19.4 Å². The third-order valence-corrected chi connectivity index (χ3v) is 4.25. The molecule has 0 aliphatic heterocycles. The van der Waals surface area contributed by atoms with E-state index in [4.69, 9.17) is 5.73 Å². The van der Waals surface area contributed by atoms with Crippen LogP contribution in [-0.2, 0) is 4.79 Å². The molecule has 1 amide bonds. The van der Waals surface area contributed by atoms with Crippen LogP contribution < -0.4 is 11.1 Å². The molecule has 3 nitrogen and oxygen atoms in total. The molecule has 18 heavy (non-hydrogen) atoms. The zero-order chi connectivity index (χ0) is 13.6. The Hall–Kier alpha value is -0.570. The Morgan fingerprint density at radius 2 is 2.00 bits per heavy atom. The summed E-state index contributed by atoms with van der Waals surface area (Å²) in [7, 11) is 0. The molecule has 1 rings (SSSR count). The summed E-state index contributed by atoms with van der Waals surface area (Å²) in [5, 5.41) is 3.11. The molecule has 0 heterocycles. The number of nitrogens with two attached hydrogens (primary N) is 1. The van der Waals surface area contributed by atoms with E-state index in [9.17, 15) is 4.79 Å². The first-order valence-electron chi connectivity index (χ1n) is 7.40. The summed E-state index contributed by atoms with van der Waals surface area (Å²) in [6.07, 6.45) is 7.61. The highest BCUT2D eigenvalue weighted by Gasteiger charge is 2.41. The van der Waals surface area contributed by atoms with Crippen LogP contribution in [0.2, 0.25) is 0 Å². The molecule has 1 aliphatic carbocycles. The van der Waals surface area contributed by atoms with Crippen molar-refractivity contribution in [2.45, 2.75) is 65.7 Å². The lowest BCUT2D eigenvalue weighted by Crippen LogP contribution is -2.31. The van der Waals surface area contributed by atoms with Crippen LogP contribution in [0.5, 0.6) is 0 Å². The Morgan fingerprint density at radius 3 is 2.50 bits per heavy atom. The maximum absolute atomic E-state index is 11.8. The summed E-state index contributed by atoms with van der Waals surface area (Å²) >= 11 is 0. The lowest BCUT2D eigenvalue weighted by molar-refractivity contribution is -0.121. The van der Waals surface area contributed by atoms with Crippen molar-refractivity contribution in [1.82, 2.24) is 5.32 Å². The van der Waals surface area contributed by atoms with Gasteiger partial charge in [0.1, 0.15) is 0 Å². The quantitative estimate of drug-likeness (QED) is 0.665. The van der Waals surface area contributed by atoms with Crippen molar-refractivity contribution in [3.63, 3.8) is 0 Å². The van der Waals surface area contributed by atoms with Gasteiger partial charge in [-0.05, 0) is 49.5 Å². The molecule has 3 N–H and O–H groups in total. The number of amides is 1. The number of hydrogen-bond donors (Lipinski definition) is 2. The van der Waals surface area contributed by atoms with Crippen molar-refractivity contribution < 1.29 is 4.79 Å². The van der Waals surface area contributed by atoms with Gasteiger partial charge in [0.05, 0.1) is 0 Å². The minimum atomic E-state index is 0.187. The largest absolute Gasteiger partial charge is 0.356 e. The van der Waals surface area contributed by atoms with Crippen molar-refractivity contribution in [3.05, 3.63) is 0 Å². The second-order valence-corrected chi connectivity index (χ2v) is 6.73. The summed E-state index contributed by atoms with van der Waals surface area (Å²) < 4.78 is 0. The number of nitrogens with one attached hydrogen (secondary N) is 1. The van der Waals surface area contributed by atoms with Crippen LogP contribution in [0.25, 0.3) is 0 Å². The van der Waals surface area contributed by atoms with Gasteiger partial charge in [-0.3, -0.25) is 4.79 Å². The van der Waals surface area contributed by atoms with E-state index in [1.807, 2.05) is 0 Å². The summed E-state index contributed by atoms with van der Waals surface area (Å²) in [5.74, 6) is 0.211. The summed E-state index contributed by atoms with van der Waals surface area (Å²) in [6, 6.07) is 0. The average molecular weight is 254 g/mol. The molecule has 3 heteroatoms. The van der Waals surface area contributed by atoms with Crippen molar-refractivity contribution >= 4 is 5.91 Å². The number of carbonyl (C=O) groups is 1. The number of rotatable bonds is 9. The standard InChI is InChI=1S/C15H30N2O/c1-4-6-15(8-9-15)12-17-13(18)5-7-14(2,3)10-11-16/h4-12,16H2,1-3H3,(H,17,18). The van der Waals surface area contributed by atoms with Crippen molar-refractivity contribution in [2.75, 3.05) is 13.1 Å². The molecule has 0 saturated heterocycles. The van der Waals surface area contributed by atoms with Gasteiger partial charge >= 0.3 is 0 Å². The molecule has 0 radical (unpaired) electrons. The molecule has 0 atom stereocenters. The highest BCUT2D eigenvalue weighted by Crippen LogP contribution is 2.48. The van der Waals surface area contributed by atoms with Gasteiger partial charge in [-0.2, -0.15) is 0 Å². The van der Waals surface area contributed by atoms with Crippen LogP contribution in [0.15, 0.2) is 0 Å². The first-order valence-corrected chi connectivity index (χ1v) is 7.40. The molecule has 0 aromatic rings. The molecule has 0 unspecified atom stereocenters. The van der Waals surface area contributed by atoms with Crippen molar-refractivity contribution in [3.8, 4) is 0 Å². The zero-order valence-electron chi connectivity index (χ0n) is 12.3. The Balaban J connectivity index is 2.18. The van der Waals surface area contributed by atoms with Gasteiger partial charge in [-0.1, -0.05) is 27.2 Å². The minimum absolute atomic E-state index is 0.187. The highest BCUT2D eigenvalue weighted by atomic mass is 16.1. The van der Waals surface area contributed by atoms with Gasteiger partial charge in [0.15, 0.2) is 0 Å². The van der Waals surface area contributed by atoms with Crippen molar-refractivity contribution in [1.29, 1.82) is 0 Å². The Kier molecular flexibility index (Phi) is 5.64. The van der Waals surface area contributed by atoms with E-state index >= 15 is 0 Å². The molecule has 0 aromatic carbocycles. The highest BCUT2D eigenvalue weighted by molar-refractivity contribution is 5.76. The van der Waals surface area contributed by atoms with Gasteiger partial charge in [-0.15, -0.1) is 0 Å². The van der Waals surface area contributed by atoms with Crippen molar-refractivity contribution in [2.24, 2.45) is 16.6 Å². The maximum atomic E-state index is 11.8. The molecule has 0 aromatic heterocycles. The summed E-state index contributed by atoms with van der Waals surface area (Å²) in [5.41, 5.74) is 6.22. The van der Waals surface area contributed by atoms with Crippen LogP contribution in [0, 0.1) is 10.8 Å². The predicted octanol–water partition coefficient (Wildman–Crippen LogP) is 2.84. The number of hydrogen-bond acceptors (Lipinski definition) is 2. The molecule has 1 aliphatic rings. The first-order chi connectivity index (χ1) is 8.43. The van der Waals surface area contributed by atoms with Crippen LogP contribution in [0.1, 0.15) is 65.7 Å². The Labute approximate surface area is 112 Å². The molecule has 106 valence electrons. The fourth-order valence-electron chi connectivity index (χ4n) is 2.56. The first kappa shape index (κ1) is 15.5. The smallest absolute Gasteiger partial charge is 0.220 e. The topological polar surface area (TPSA) is 55.1 Å². The van der Waals surface area contributed by atoms with Gasteiger partial charge in [-0.25, -0.2) is 0 Å². The zero-order valence-corrected chi connectivity index (χ0v) is 12.3. The second kappa shape index (κ2) is 6.55. The van der Waals surface area contributed by atoms with E-state index in [1.165, 1.54) is 25.7 Å². The second-order valence-electron chi connectivity index (χ2n) is 6.73. The fourth-order valence-corrected chi connectivity index (χ4v) is 2.56. The fraction of sp³-hybridized carbons (Fsp3) is 0.933. The van der Waals surface area contributed by atoms with Gasteiger partial charge in [0.2, 0.25) is 5.91 Å².